The van der Waals surface area contributed by atoms with Crippen LogP contribution in [0, 0.1) is 0 Å². The Balaban J connectivity index is 1.81. The lowest BCUT2D eigenvalue weighted by molar-refractivity contribution is 0.0736. The van der Waals surface area contributed by atoms with Crippen molar-refractivity contribution in [3.8, 4) is 0 Å². The van der Waals surface area contributed by atoms with E-state index in [0.717, 1.165) is 18.6 Å². The van der Waals surface area contributed by atoms with Gasteiger partial charge in [0.15, 0.2) is 0 Å². The molecule has 0 unspecified atom stereocenters. The van der Waals surface area contributed by atoms with Crippen LogP contribution >= 0.6 is 0 Å². The molecule has 6 heteroatoms. The summed E-state index contributed by atoms with van der Waals surface area (Å²) in [6, 6.07) is 9.08. The van der Waals surface area contributed by atoms with Crippen molar-refractivity contribution >= 4 is 22.5 Å². The zero-order valence-corrected chi connectivity index (χ0v) is 12.0. The van der Waals surface area contributed by atoms with Gasteiger partial charge in [0.1, 0.15) is 5.52 Å². The molecule has 22 heavy (non-hydrogen) atoms. The summed E-state index contributed by atoms with van der Waals surface area (Å²) in [7, 11) is 0. The number of aromatic nitrogens is 2. The number of hydrogen-bond donors (Lipinski definition) is 2. The van der Waals surface area contributed by atoms with Crippen LogP contribution in [0.4, 0.5) is 0 Å². The van der Waals surface area contributed by atoms with Crippen molar-refractivity contribution in [3.63, 3.8) is 0 Å². The maximum Gasteiger partial charge on any atom is 0.272 e. The molecule has 1 amide bonds. The number of benzene rings is 1. The van der Waals surface area contributed by atoms with Crippen molar-refractivity contribution in [2.75, 3.05) is 26.2 Å². The molecule has 0 atom stereocenters. The molecule has 0 saturated carbocycles. The monoisotopic (exact) mass is 296 g/mol. The van der Waals surface area contributed by atoms with Gasteiger partial charge >= 0.3 is 0 Å². The summed E-state index contributed by atoms with van der Waals surface area (Å²) in [5, 5.41) is 3.23. The smallest absolute Gasteiger partial charge is 0.272 e. The van der Waals surface area contributed by atoms with Crippen LogP contribution in [-0.2, 0) is 0 Å². The number of nitrogens with one attached hydrogen (secondary N) is 2. The van der Waals surface area contributed by atoms with Crippen LogP contribution in [0.2, 0.25) is 0 Å². The lowest BCUT2D eigenvalue weighted by atomic mass is 10.1. The SMILES string of the molecule is O=C(c1ccc2c(c1)[nH]c(=O)c1cccn12)N1CCNCC1. The van der Waals surface area contributed by atoms with E-state index < -0.39 is 0 Å². The second-order valence-corrected chi connectivity index (χ2v) is 5.49. The Kier molecular flexibility index (Phi) is 2.97. The van der Waals surface area contributed by atoms with Gasteiger partial charge in [0, 0.05) is 37.9 Å². The van der Waals surface area contributed by atoms with E-state index in [2.05, 4.69) is 10.3 Å². The molecule has 112 valence electrons. The maximum absolute atomic E-state index is 12.5. The van der Waals surface area contributed by atoms with Crippen LogP contribution in [0.3, 0.4) is 0 Å². The fourth-order valence-corrected chi connectivity index (χ4v) is 2.99. The van der Waals surface area contributed by atoms with E-state index >= 15 is 0 Å². The Bertz CT molecular complexity index is 919. The van der Waals surface area contributed by atoms with Crippen LogP contribution in [0.1, 0.15) is 10.4 Å². The molecule has 4 rings (SSSR count). The Morgan fingerprint density at radius 3 is 2.73 bits per heavy atom. The largest absolute Gasteiger partial charge is 0.336 e. The highest BCUT2D eigenvalue weighted by Crippen LogP contribution is 2.16. The summed E-state index contributed by atoms with van der Waals surface area (Å²) in [6.07, 6.45) is 1.85. The average Bonchev–Trinajstić information content (AvgIpc) is 3.05. The van der Waals surface area contributed by atoms with Crippen molar-refractivity contribution in [1.82, 2.24) is 19.6 Å². The van der Waals surface area contributed by atoms with Gasteiger partial charge in [0.05, 0.1) is 11.0 Å². The fraction of sp³-hybridized carbons (Fsp3) is 0.250. The van der Waals surface area contributed by atoms with Gasteiger partial charge in [-0.05, 0) is 30.3 Å². The molecule has 1 saturated heterocycles. The van der Waals surface area contributed by atoms with Crippen LogP contribution in [0.5, 0.6) is 0 Å². The Morgan fingerprint density at radius 1 is 1.09 bits per heavy atom. The van der Waals surface area contributed by atoms with Gasteiger partial charge < -0.3 is 19.6 Å². The van der Waals surface area contributed by atoms with Crippen LogP contribution in [0.25, 0.3) is 16.6 Å². The summed E-state index contributed by atoms with van der Waals surface area (Å²) in [5.74, 6) is 0.0110. The van der Waals surface area contributed by atoms with Crippen LogP contribution in [0.15, 0.2) is 41.3 Å². The number of amides is 1. The molecule has 0 spiro atoms. The van der Waals surface area contributed by atoms with Crippen molar-refractivity contribution in [2.45, 2.75) is 0 Å². The predicted molar refractivity (Wildman–Crippen MR) is 84.3 cm³/mol. The number of hydrogen-bond acceptors (Lipinski definition) is 3. The molecule has 1 aromatic carbocycles. The summed E-state index contributed by atoms with van der Waals surface area (Å²) < 4.78 is 1.84. The summed E-state index contributed by atoms with van der Waals surface area (Å²) in [4.78, 5) is 29.3. The highest BCUT2D eigenvalue weighted by molar-refractivity contribution is 5.97. The van der Waals surface area contributed by atoms with Crippen molar-refractivity contribution in [1.29, 1.82) is 0 Å². The van der Waals surface area contributed by atoms with E-state index in [1.807, 2.05) is 33.7 Å². The number of rotatable bonds is 1. The minimum atomic E-state index is -0.149. The molecule has 3 aromatic rings. The predicted octanol–water partition coefficient (Wildman–Crippen LogP) is 0.826. The van der Waals surface area contributed by atoms with Gasteiger partial charge in [-0.2, -0.15) is 0 Å². The van der Waals surface area contributed by atoms with E-state index in [1.54, 1.807) is 12.1 Å². The van der Waals surface area contributed by atoms with Crippen molar-refractivity contribution in [3.05, 3.63) is 52.4 Å². The minimum absolute atomic E-state index is 0.0110. The second kappa shape index (κ2) is 4.99. The molecular formula is C16H16N4O2. The molecule has 1 fully saturated rings. The standard InChI is InChI=1S/C16H16N4O2/c21-15-14-2-1-7-20(14)13-4-3-11(10-12(13)18-15)16(22)19-8-5-17-6-9-19/h1-4,7,10,17H,5-6,8-9H2,(H,18,21). The highest BCUT2D eigenvalue weighted by Gasteiger charge is 2.18. The Hall–Kier alpha value is -2.60. The molecule has 3 heterocycles. The van der Waals surface area contributed by atoms with Gasteiger partial charge in [0.2, 0.25) is 0 Å². The summed E-state index contributed by atoms with van der Waals surface area (Å²) in [5.41, 5.74) is 2.63. The van der Waals surface area contributed by atoms with Gasteiger partial charge in [-0.15, -0.1) is 0 Å². The number of nitrogens with zero attached hydrogens (tertiary/aromatic N) is 2. The van der Waals surface area contributed by atoms with E-state index in [4.69, 9.17) is 0 Å². The zero-order valence-electron chi connectivity index (χ0n) is 12.0. The van der Waals surface area contributed by atoms with Crippen LogP contribution < -0.4 is 10.9 Å². The molecule has 0 bridgehead atoms. The summed E-state index contributed by atoms with van der Waals surface area (Å²) >= 11 is 0. The fourth-order valence-electron chi connectivity index (χ4n) is 2.99. The topological polar surface area (TPSA) is 69.6 Å². The van der Waals surface area contributed by atoms with Crippen LogP contribution in [-0.4, -0.2) is 46.4 Å². The molecule has 0 radical (unpaired) electrons. The zero-order chi connectivity index (χ0) is 15.1. The summed E-state index contributed by atoms with van der Waals surface area (Å²) in [6.45, 7) is 3.06. The Morgan fingerprint density at radius 2 is 1.91 bits per heavy atom. The van der Waals surface area contributed by atoms with Crippen molar-refractivity contribution < 1.29 is 4.79 Å². The molecule has 2 N–H and O–H groups in total. The quantitative estimate of drug-likeness (QED) is 0.699. The third-order valence-corrected chi connectivity index (χ3v) is 4.14. The number of H-pyrrole nitrogens is 1. The number of aromatic amines is 1. The lowest BCUT2D eigenvalue weighted by Gasteiger charge is -2.27. The first-order valence-corrected chi connectivity index (χ1v) is 7.37. The van der Waals surface area contributed by atoms with Gasteiger partial charge in [0.25, 0.3) is 11.5 Å². The molecule has 6 nitrogen and oxygen atoms in total. The number of carbonyl (C=O) groups is 1. The number of piperazine rings is 1. The lowest BCUT2D eigenvalue weighted by Crippen LogP contribution is -2.46. The molecule has 1 aliphatic heterocycles. The first-order chi connectivity index (χ1) is 10.7. The number of carbonyl (C=O) groups excluding carboxylic acids is 1. The molecule has 2 aromatic heterocycles. The molecule has 1 aliphatic rings. The third kappa shape index (κ3) is 2.00. The van der Waals surface area contributed by atoms with Crippen molar-refractivity contribution in [2.24, 2.45) is 0 Å². The van der Waals surface area contributed by atoms with Gasteiger partial charge in [-0.1, -0.05) is 0 Å². The Labute approximate surface area is 126 Å². The minimum Gasteiger partial charge on any atom is -0.336 e. The van der Waals surface area contributed by atoms with E-state index in [-0.39, 0.29) is 11.5 Å². The highest BCUT2D eigenvalue weighted by atomic mass is 16.2. The first kappa shape index (κ1) is 13.1. The first-order valence-electron chi connectivity index (χ1n) is 7.37. The average molecular weight is 296 g/mol. The van der Waals surface area contributed by atoms with E-state index in [0.29, 0.717) is 29.7 Å². The van der Waals surface area contributed by atoms with E-state index in [9.17, 15) is 9.59 Å². The molecular weight excluding hydrogens is 280 g/mol. The van der Waals surface area contributed by atoms with E-state index in [1.165, 1.54) is 0 Å². The number of fused-ring (bicyclic) bond motifs is 3. The van der Waals surface area contributed by atoms with Gasteiger partial charge in [-0.25, -0.2) is 0 Å². The second-order valence-electron chi connectivity index (χ2n) is 5.49. The molecule has 0 aliphatic carbocycles. The maximum atomic E-state index is 12.5. The normalized spacial score (nSPS) is 15.5. The van der Waals surface area contributed by atoms with Gasteiger partial charge in [-0.3, -0.25) is 9.59 Å². The third-order valence-electron chi connectivity index (χ3n) is 4.14.